The van der Waals surface area contributed by atoms with Gasteiger partial charge in [-0.2, -0.15) is 0 Å². The molecule has 2 rings (SSSR count). The molecule has 0 aromatic heterocycles. The molecule has 2 N–H and O–H groups in total. The van der Waals surface area contributed by atoms with Crippen molar-refractivity contribution in [3.63, 3.8) is 0 Å². The summed E-state index contributed by atoms with van der Waals surface area (Å²) in [6.07, 6.45) is 2.63. The van der Waals surface area contributed by atoms with Crippen molar-refractivity contribution in [1.82, 2.24) is 25.3 Å². The standard InChI is InChI=1S/C17H36N6/c1-5-22-8-6-7-16(22)14-20-17(18-3)19-13-15(2)23-11-9-21(4)10-12-23/h15-16H,5-14H2,1-4H3,(H2,18,19,20). The Balaban J connectivity index is 1.68. The molecular weight excluding hydrogens is 288 g/mol. The van der Waals surface area contributed by atoms with Crippen LogP contribution in [0.15, 0.2) is 4.99 Å². The molecule has 6 nitrogen and oxygen atoms in total. The van der Waals surface area contributed by atoms with Crippen molar-refractivity contribution in [2.24, 2.45) is 4.99 Å². The highest BCUT2D eigenvalue weighted by Gasteiger charge is 2.23. The number of rotatable bonds is 6. The van der Waals surface area contributed by atoms with E-state index in [9.17, 15) is 0 Å². The lowest BCUT2D eigenvalue weighted by Gasteiger charge is -2.36. The van der Waals surface area contributed by atoms with Crippen LogP contribution in [0.25, 0.3) is 0 Å². The van der Waals surface area contributed by atoms with Crippen LogP contribution in [0.2, 0.25) is 0 Å². The summed E-state index contributed by atoms with van der Waals surface area (Å²) in [5, 5.41) is 7.01. The van der Waals surface area contributed by atoms with Gasteiger partial charge in [0.1, 0.15) is 0 Å². The van der Waals surface area contributed by atoms with Crippen molar-refractivity contribution in [2.75, 3.05) is 66.5 Å². The second-order valence-corrected chi connectivity index (χ2v) is 6.95. The Hall–Kier alpha value is -0.850. The smallest absolute Gasteiger partial charge is 0.191 e. The maximum atomic E-state index is 4.38. The van der Waals surface area contributed by atoms with E-state index in [1.165, 1.54) is 45.6 Å². The fourth-order valence-electron chi connectivity index (χ4n) is 3.61. The van der Waals surface area contributed by atoms with Crippen LogP contribution >= 0.6 is 0 Å². The molecule has 0 aromatic rings. The highest BCUT2D eigenvalue weighted by atomic mass is 15.3. The Morgan fingerprint density at radius 2 is 1.91 bits per heavy atom. The molecule has 0 aromatic carbocycles. The van der Waals surface area contributed by atoms with Gasteiger partial charge in [0.15, 0.2) is 5.96 Å². The predicted octanol–water partition coefficient (Wildman–Crippen LogP) is 0.272. The second kappa shape index (κ2) is 9.45. The van der Waals surface area contributed by atoms with Crippen molar-refractivity contribution in [3.8, 4) is 0 Å². The fraction of sp³-hybridized carbons (Fsp3) is 0.941. The van der Waals surface area contributed by atoms with Gasteiger partial charge in [-0.25, -0.2) is 0 Å². The van der Waals surface area contributed by atoms with Gasteiger partial charge < -0.3 is 15.5 Å². The highest BCUT2D eigenvalue weighted by Crippen LogP contribution is 2.15. The van der Waals surface area contributed by atoms with Crippen LogP contribution in [0.5, 0.6) is 0 Å². The minimum absolute atomic E-state index is 0.542. The summed E-state index contributed by atoms with van der Waals surface area (Å²) in [5.41, 5.74) is 0. The summed E-state index contributed by atoms with van der Waals surface area (Å²) in [6, 6.07) is 1.20. The van der Waals surface area contributed by atoms with Crippen LogP contribution in [-0.4, -0.2) is 99.2 Å². The van der Waals surface area contributed by atoms with Crippen molar-refractivity contribution in [3.05, 3.63) is 0 Å². The predicted molar refractivity (Wildman–Crippen MR) is 98.2 cm³/mol. The number of guanidine groups is 1. The van der Waals surface area contributed by atoms with Gasteiger partial charge in [0.05, 0.1) is 0 Å². The molecule has 2 saturated heterocycles. The molecule has 2 aliphatic heterocycles. The average Bonchev–Trinajstić information content (AvgIpc) is 3.03. The molecule has 2 aliphatic rings. The Bertz CT molecular complexity index is 364. The third-order valence-electron chi connectivity index (χ3n) is 5.36. The number of likely N-dealkylation sites (N-methyl/N-ethyl adjacent to an activating group) is 2. The maximum Gasteiger partial charge on any atom is 0.191 e. The number of hydrogen-bond donors (Lipinski definition) is 2. The molecule has 2 heterocycles. The van der Waals surface area contributed by atoms with Gasteiger partial charge in [0, 0.05) is 58.4 Å². The molecule has 2 fully saturated rings. The van der Waals surface area contributed by atoms with Crippen LogP contribution in [0.4, 0.5) is 0 Å². The summed E-state index contributed by atoms with van der Waals surface area (Å²) in [4.78, 5) is 11.9. The quantitative estimate of drug-likeness (QED) is 0.543. The van der Waals surface area contributed by atoms with Gasteiger partial charge in [-0.3, -0.25) is 14.8 Å². The monoisotopic (exact) mass is 324 g/mol. The summed E-state index contributed by atoms with van der Waals surface area (Å²) >= 11 is 0. The van der Waals surface area contributed by atoms with Crippen LogP contribution in [0.3, 0.4) is 0 Å². The van der Waals surface area contributed by atoms with E-state index in [0.717, 1.165) is 25.6 Å². The fourth-order valence-corrected chi connectivity index (χ4v) is 3.61. The van der Waals surface area contributed by atoms with E-state index in [1.807, 2.05) is 7.05 Å². The molecule has 2 atom stereocenters. The third-order valence-corrected chi connectivity index (χ3v) is 5.36. The van der Waals surface area contributed by atoms with E-state index >= 15 is 0 Å². The molecule has 0 bridgehead atoms. The van der Waals surface area contributed by atoms with Crippen molar-refractivity contribution < 1.29 is 0 Å². The normalized spacial score (nSPS) is 26.4. The van der Waals surface area contributed by atoms with E-state index in [0.29, 0.717) is 12.1 Å². The number of nitrogens with zero attached hydrogens (tertiary/aromatic N) is 4. The van der Waals surface area contributed by atoms with Crippen LogP contribution in [0, 0.1) is 0 Å². The van der Waals surface area contributed by atoms with Gasteiger partial charge in [-0.1, -0.05) is 6.92 Å². The summed E-state index contributed by atoms with van der Waals surface area (Å²) in [5.74, 6) is 0.939. The first kappa shape index (κ1) is 18.5. The number of hydrogen-bond acceptors (Lipinski definition) is 4. The highest BCUT2D eigenvalue weighted by molar-refractivity contribution is 5.79. The minimum atomic E-state index is 0.542. The zero-order valence-electron chi connectivity index (χ0n) is 15.5. The van der Waals surface area contributed by atoms with Crippen molar-refractivity contribution in [1.29, 1.82) is 0 Å². The summed E-state index contributed by atoms with van der Waals surface area (Å²) < 4.78 is 0. The number of likely N-dealkylation sites (tertiary alicyclic amines) is 1. The minimum Gasteiger partial charge on any atom is -0.355 e. The van der Waals surface area contributed by atoms with Gasteiger partial charge in [-0.15, -0.1) is 0 Å². The molecule has 2 unspecified atom stereocenters. The Kier molecular flexibility index (Phi) is 7.59. The number of nitrogens with one attached hydrogen (secondary N) is 2. The lowest BCUT2D eigenvalue weighted by molar-refractivity contribution is 0.120. The molecule has 134 valence electrons. The Labute approximate surface area is 142 Å². The second-order valence-electron chi connectivity index (χ2n) is 6.95. The molecular formula is C17H36N6. The van der Waals surface area contributed by atoms with Crippen molar-refractivity contribution >= 4 is 5.96 Å². The van der Waals surface area contributed by atoms with Crippen LogP contribution < -0.4 is 10.6 Å². The molecule has 23 heavy (non-hydrogen) atoms. The lowest BCUT2D eigenvalue weighted by Crippen LogP contribution is -2.53. The lowest BCUT2D eigenvalue weighted by atomic mass is 10.2. The molecule has 0 saturated carbocycles. The zero-order chi connectivity index (χ0) is 16.7. The van der Waals surface area contributed by atoms with E-state index in [2.05, 4.69) is 51.2 Å². The van der Waals surface area contributed by atoms with Crippen LogP contribution in [-0.2, 0) is 0 Å². The summed E-state index contributed by atoms with van der Waals surface area (Å²) in [7, 11) is 4.07. The van der Waals surface area contributed by atoms with Crippen molar-refractivity contribution in [2.45, 2.75) is 38.8 Å². The topological polar surface area (TPSA) is 46.1 Å². The Morgan fingerprint density at radius 3 is 2.57 bits per heavy atom. The molecule has 0 amide bonds. The molecule has 0 spiro atoms. The first-order valence-corrected chi connectivity index (χ1v) is 9.25. The third kappa shape index (κ3) is 5.62. The van der Waals surface area contributed by atoms with Gasteiger partial charge in [0.2, 0.25) is 0 Å². The van der Waals surface area contributed by atoms with Gasteiger partial charge in [-0.05, 0) is 39.9 Å². The SMILES string of the molecule is CCN1CCCC1CNC(=NC)NCC(C)N1CCN(C)CC1. The first-order chi connectivity index (χ1) is 11.1. The van der Waals surface area contributed by atoms with E-state index < -0.39 is 0 Å². The molecule has 0 radical (unpaired) electrons. The average molecular weight is 325 g/mol. The van der Waals surface area contributed by atoms with Gasteiger partial charge >= 0.3 is 0 Å². The maximum absolute atomic E-state index is 4.38. The molecule has 6 heteroatoms. The number of piperazine rings is 1. The van der Waals surface area contributed by atoms with E-state index in [-0.39, 0.29) is 0 Å². The number of aliphatic imine (C=N–C) groups is 1. The Morgan fingerprint density at radius 1 is 1.17 bits per heavy atom. The van der Waals surface area contributed by atoms with E-state index in [4.69, 9.17) is 0 Å². The largest absolute Gasteiger partial charge is 0.355 e. The zero-order valence-corrected chi connectivity index (χ0v) is 15.5. The van der Waals surface area contributed by atoms with Crippen LogP contribution in [0.1, 0.15) is 26.7 Å². The summed E-state index contributed by atoms with van der Waals surface area (Å²) in [6.45, 7) is 13.6. The van der Waals surface area contributed by atoms with Gasteiger partial charge in [0.25, 0.3) is 0 Å². The van der Waals surface area contributed by atoms with E-state index in [1.54, 1.807) is 0 Å². The first-order valence-electron chi connectivity index (χ1n) is 9.25. The molecule has 0 aliphatic carbocycles.